The van der Waals surface area contributed by atoms with E-state index < -0.39 is 0 Å². The second-order valence-electron chi connectivity index (χ2n) is 5.36. The molecule has 7 heteroatoms. The molecule has 0 aliphatic carbocycles. The Hall–Kier alpha value is -3.48. The number of allylic oxidation sites excluding steroid dienone is 1. The summed E-state index contributed by atoms with van der Waals surface area (Å²) in [5.74, 6) is -0.237. The predicted octanol–water partition coefficient (Wildman–Crippen LogP) is 2.02. The van der Waals surface area contributed by atoms with Crippen LogP contribution in [0.1, 0.15) is 11.1 Å². The fraction of sp³-hybridized carbons (Fsp3) is 0.111. The lowest BCUT2D eigenvalue weighted by atomic mass is 10.1. The van der Waals surface area contributed by atoms with Gasteiger partial charge in [-0.2, -0.15) is 20.1 Å². The maximum Gasteiger partial charge on any atom is 0.263 e. The Bertz CT molecular complexity index is 913. The van der Waals surface area contributed by atoms with Gasteiger partial charge >= 0.3 is 0 Å². The minimum atomic E-state index is -0.363. The maximum atomic E-state index is 11.9. The number of nitrogens with one attached hydrogen (secondary N) is 1. The number of amides is 1. The number of aromatic hydroxyl groups is 1. The van der Waals surface area contributed by atoms with Crippen LogP contribution in [0.4, 0.5) is 0 Å². The van der Waals surface area contributed by atoms with Gasteiger partial charge in [-0.3, -0.25) is 4.79 Å². The molecule has 0 saturated carbocycles. The molecule has 7 nitrogen and oxygen atoms in total. The van der Waals surface area contributed by atoms with E-state index in [0.717, 1.165) is 16.6 Å². The number of para-hydroxylation sites is 1. The topological polar surface area (TPSA) is 92.4 Å². The first-order chi connectivity index (χ1) is 12.2. The van der Waals surface area contributed by atoms with Crippen molar-refractivity contribution in [3.63, 3.8) is 0 Å². The van der Waals surface area contributed by atoms with Crippen LogP contribution in [-0.2, 0) is 17.8 Å². The van der Waals surface area contributed by atoms with Gasteiger partial charge in [0.25, 0.3) is 5.91 Å². The Morgan fingerprint density at radius 2 is 1.92 bits per heavy atom. The standard InChI is InChI=1S/C18H17N5O2/c1-2-6-13-7-5-8-14(18(13)25)11-19-20-17(24)12-23-21-15-9-3-4-10-16(15)22-23/h2-5,7-11,25H,1,6,12H2,(H,20,24)/b19-11-. The highest BCUT2D eigenvalue weighted by Gasteiger charge is 2.07. The first-order valence-electron chi connectivity index (χ1n) is 7.71. The van der Waals surface area contributed by atoms with Gasteiger partial charge < -0.3 is 5.11 Å². The van der Waals surface area contributed by atoms with Crippen LogP contribution in [-0.4, -0.2) is 32.2 Å². The molecule has 0 spiro atoms. The second kappa shape index (κ2) is 7.39. The van der Waals surface area contributed by atoms with Crippen LogP contribution in [0.5, 0.6) is 5.75 Å². The molecule has 1 aromatic heterocycles. The number of hydrogen-bond donors (Lipinski definition) is 2. The summed E-state index contributed by atoms with van der Waals surface area (Å²) < 4.78 is 0. The van der Waals surface area contributed by atoms with Crippen molar-refractivity contribution in [3.05, 3.63) is 66.2 Å². The second-order valence-corrected chi connectivity index (χ2v) is 5.36. The van der Waals surface area contributed by atoms with Gasteiger partial charge in [-0.15, -0.1) is 6.58 Å². The van der Waals surface area contributed by atoms with Crippen molar-refractivity contribution >= 4 is 23.2 Å². The summed E-state index contributed by atoms with van der Waals surface area (Å²) in [5, 5.41) is 22.4. The lowest BCUT2D eigenvalue weighted by molar-refractivity contribution is -0.122. The van der Waals surface area contributed by atoms with Crippen molar-refractivity contribution in [1.29, 1.82) is 0 Å². The molecule has 0 aliphatic rings. The zero-order valence-electron chi connectivity index (χ0n) is 13.5. The number of phenols is 1. The van der Waals surface area contributed by atoms with Crippen LogP contribution in [0.3, 0.4) is 0 Å². The summed E-state index contributed by atoms with van der Waals surface area (Å²) in [7, 11) is 0. The van der Waals surface area contributed by atoms with Crippen LogP contribution < -0.4 is 5.43 Å². The van der Waals surface area contributed by atoms with E-state index in [9.17, 15) is 9.90 Å². The third-order valence-electron chi connectivity index (χ3n) is 3.52. The molecule has 0 fully saturated rings. The zero-order valence-corrected chi connectivity index (χ0v) is 13.5. The van der Waals surface area contributed by atoms with Gasteiger partial charge in [-0.25, -0.2) is 5.43 Å². The molecule has 0 bridgehead atoms. The Balaban J connectivity index is 1.63. The van der Waals surface area contributed by atoms with Crippen molar-refractivity contribution in [1.82, 2.24) is 20.4 Å². The van der Waals surface area contributed by atoms with E-state index in [0.29, 0.717) is 12.0 Å². The Labute approximate surface area is 144 Å². The third kappa shape index (κ3) is 3.89. The number of hydrogen-bond acceptors (Lipinski definition) is 5. The van der Waals surface area contributed by atoms with Crippen molar-refractivity contribution in [2.75, 3.05) is 0 Å². The number of benzene rings is 2. The van der Waals surface area contributed by atoms with Crippen LogP contribution in [0.15, 0.2) is 60.2 Å². The molecule has 0 aliphatic heterocycles. The number of hydrazone groups is 1. The van der Waals surface area contributed by atoms with Gasteiger partial charge in [0.2, 0.25) is 0 Å². The fourth-order valence-electron chi connectivity index (χ4n) is 2.35. The quantitative estimate of drug-likeness (QED) is 0.409. The maximum absolute atomic E-state index is 11.9. The summed E-state index contributed by atoms with van der Waals surface area (Å²) in [4.78, 5) is 13.2. The number of fused-ring (bicyclic) bond motifs is 1. The molecular formula is C18H17N5O2. The van der Waals surface area contributed by atoms with E-state index in [1.165, 1.54) is 11.0 Å². The van der Waals surface area contributed by atoms with Gasteiger partial charge in [0.05, 0.1) is 6.21 Å². The minimum Gasteiger partial charge on any atom is -0.507 e. The normalized spacial score (nSPS) is 11.0. The highest BCUT2D eigenvalue weighted by Crippen LogP contribution is 2.21. The molecule has 0 radical (unpaired) electrons. The van der Waals surface area contributed by atoms with Gasteiger partial charge in [0, 0.05) is 5.56 Å². The van der Waals surface area contributed by atoms with Crippen molar-refractivity contribution in [2.24, 2.45) is 5.10 Å². The van der Waals surface area contributed by atoms with Gasteiger partial charge in [-0.1, -0.05) is 30.3 Å². The molecule has 2 aromatic carbocycles. The SMILES string of the molecule is C=CCc1cccc(/C=N\NC(=O)Cn2nc3ccccc3n2)c1O. The number of carbonyl (C=O) groups excluding carboxylic acids is 1. The molecule has 0 unspecified atom stereocenters. The Morgan fingerprint density at radius 1 is 1.20 bits per heavy atom. The lowest BCUT2D eigenvalue weighted by Gasteiger charge is -2.04. The summed E-state index contributed by atoms with van der Waals surface area (Å²) in [6.07, 6.45) is 3.66. The summed E-state index contributed by atoms with van der Waals surface area (Å²) in [6.45, 7) is 3.60. The Morgan fingerprint density at radius 3 is 2.60 bits per heavy atom. The van der Waals surface area contributed by atoms with E-state index in [1.807, 2.05) is 24.3 Å². The molecular weight excluding hydrogens is 318 g/mol. The van der Waals surface area contributed by atoms with Crippen molar-refractivity contribution < 1.29 is 9.90 Å². The molecule has 1 amide bonds. The molecule has 126 valence electrons. The molecule has 1 heterocycles. The molecule has 25 heavy (non-hydrogen) atoms. The monoisotopic (exact) mass is 335 g/mol. The zero-order chi connectivity index (χ0) is 17.6. The average molecular weight is 335 g/mol. The van der Waals surface area contributed by atoms with Crippen LogP contribution >= 0.6 is 0 Å². The van der Waals surface area contributed by atoms with Crippen LogP contribution in [0.2, 0.25) is 0 Å². The lowest BCUT2D eigenvalue weighted by Crippen LogP contribution is -2.24. The van der Waals surface area contributed by atoms with E-state index in [-0.39, 0.29) is 18.2 Å². The predicted molar refractivity (Wildman–Crippen MR) is 95.3 cm³/mol. The number of carbonyl (C=O) groups is 1. The van der Waals surface area contributed by atoms with Gasteiger partial charge in [-0.05, 0) is 30.2 Å². The molecule has 0 atom stereocenters. The first kappa shape index (κ1) is 16.4. The van der Waals surface area contributed by atoms with Crippen LogP contribution in [0.25, 0.3) is 11.0 Å². The number of nitrogens with zero attached hydrogens (tertiary/aromatic N) is 4. The van der Waals surface area contributed by atoms with Gasteiger partial charge in [0.15, 0.2) is 0 Å². The van der Waals surface area contributed by atoms with E-state index in [1.54, 1.807) is 24.3 Å². The molecule has 3 rings (SSSR count). The van der Waals surface area contributed by atoms with Crippen molar-refractivity contribution in [2.45, 2.75) is 13.0 Å². The summed E-state index contributed by atoms with van der Waals surface area (Å²) >= 11 is 0. The number of phenolic OH excluding ortho intramolecular Hbond substituents is 1. The third-order valence-corrected chi connectivity index (χ3v) is 3.52. The van der Waals surface area contributed by atoms with Crippen LogP contribution in [0, 0.1) is 0 Å². The summed E-state index contributed by atoms with van der Waals surface area (Å²) in [5.41, 5.74) is 5.11. The molecule has 3 aromatic rings. The smallest absolute Gasteiger partial charge is 0.263 e. The highest BCUT2D eigenvalue weighted by molar-refractivity contribution is 5.85. The van der Waals surface area contributed by atoms with E-state index >= 15 is 0 Å². The number of aromatic nitrogens is 3. The van der Waals surface area contributed by atoms with Gasteiger partial charge in [0.1, 0.15) is 23.3 Å². The Kier molecular flexibility index (Phi) is 4.84. The highest BCUT2D eigenvalue weighted by atomic mass is 16.3. The molecule has 0 saturated heterocycles. The number of rotatable bonds is 6. The van der Waals surface area contributed by atoms with E-state index in [4.69, 9.17) is 0 Å². The average Bonchev–Trinajstić information content (AvgIpc) is 3.00. The first-order valence-corrected chi connectivity index (χ1v) is 7.71. The van der Waals surface area contributed by atoms with E-state index in [2.05, 4.69) is 27.3 Å². The summed E-state index contributed by atoms with van der Waals surface area (Å²) in [6, 6.07) is 12.7. The largest absolute Gasteiger partial charge is 0.507 e. The molecule has 2 N–H and O–H groups in total. The fourth-order valence-corrected chi connectivity index (χ4v) is 2.35. The minimum absolute atomic E-state index is 0.0471. The van der Waals surface area contributed by atoms with Crippen molar-refractivity contribution in [3.8, 4) is 5.75 Å².